The van der Waals surface area contributed by atoms with E-state index in [0.29, 0.717) is 11.5 Å². The molecule has 0 radical (unpaired) electrons. The predicted octanol–water partition coefficient (Wildman–Crippen LogP) is 4.02. The number of anilines is 2. The van der Waals surface area contributed by atoms with E-state index in [1.807, 2.05) is 12.1 Å². The van der Waals surface area contributed by atoms with Gasteiger partial charge in [0.05, 0.1) is 11.4 Å². The van der Waals surface area contributed by atoms with Crippen LogP contribution in [0, 0.1) is 5.41 Å². The number of benzene rings is 1. The van der Waals surface area contributed by atoms with Gasteiger partial charge in [0.15, 0.2) is 0 Å². The molecular weight excluding hydrogens is 264 g/mol. The van der Waals surface area contributed by atoms with Crippen molar-refractivity contribution in [1.29, 1.82) is 0 Å². The summed E-state index contributed by atoms with van der Waals surface area (Å²) < 4.78 is 1.07. The van der Waals surface area contributed by atoms with Crippen LogP contribution in [-0.4, -0.2) is 6.04 Å². The number of rotatable bonds is 2. The zero-order valence-corrected chi connectivity index (χ0v) is 11.5. The molecule has 2 rings (SSSR count). The van der Waals surface area contributed by atoms with Crippen molar-refractivity contribution in [2.75, 3.05) is 11.1 Å². The average Bonchev–Trinajstić information content (AvgIpc) is 2.52. The molecule has 88 valence electrons. The maximum atomic E-state index is 5.95. The lowest BCUT2D eigenvalue weighted by atomic mass is 9.92. The third-order valence-electron chi connectivity index (χ3n) is 3.34. The second-order valence-corrected chi connectivity index (χ2v) is 6.40. The van der Waals surface area contributed by atoms with E-state index in [1.54, 1.807) is 0 Å². The van der Waals surface area contributed by atoms with Gasteiger partial charge in [0, 0.05) is 10.5 Å². The highest BCUT2D eigenvalue weighted by Gasteiger charge is 2.30. The Morgan fingerprint density at radius 2 is 2.19 bits per heavy atom. The molecule has 0 amide bonds. The Hall–Kier alpha value is -0.700. The molecular formula is C13H19BrN2. The molecule has 3 heteroatoms. The van der Waals surface area contributed by atoms with Crippen molar-refractivity contribution in [2.24, 2.45) is 5.41 Å². The van der Waals surface area contributed by atoms with Gasteiger partial charge in [0.2, 0.25) is 0 Å². The number of hydrogen-bond donors (Lipinski definition) is 2. The van der Waals surface area contributed by atoms with Crippen molar-refractivity contribution >= 4 is 27.3 Å². The summed E-state index contributed by atoms with van der Waals surface area (Å²) >= 11 is 3.47. The van der Waals surface area contributed by atoms with E-state index >= 15 is 0 Å². The topological polar surface area (TPSA) is 38.0 Å². The predicted molar refractivity (Wildman–Crippen MR) is 73.6 cm³/mol. The Kier molecular flexibility index (Phi) is 3.15. The van der Waals surface area contributed by atoms with E-state index in [-0.39, 0.29) is 0 Å². The van der Waals surface area contributed by atoms with E-state index in [2.05, 4.69) is 41.2 Å². The second-order valence-electron chi connectivity index (χ2n) is 5.48. The maximum Gasteiger partial charge on any atom is 0.0587 e. The SMILES string of the molecule is CC1(C)CCC(Nc2cc(Br)ccc2N)C1. The molecule has 1 aliphatic carbocycles. The van der Waals surface area contributed by atoms with E-state index < -0.39 is 0 Å². The fraction of sp³-hybridized carbons (Fsp3) is 0.538. The molecule has 1 atom stereocenters. The molecule has 1 fully saturated rings. The number of halogens is 1. The summed E-state index contributed by atoms with van der Waals surface area (Å²) in [6.07, 6.45) is 3.75. The van der Waals surface area contributed by atoms with Gasteiger partial charge in [-0.3, -0.25) is 0 Å². The number of nitrogens with two attached hydrogens (primary N) is 1. The lowest BCUT2D eigenvalue weighted by Gasteiger charge is -2.19. The first-order valence-electron chi connectivity index (χ1n) is 5.78. The van der Waals surface area contributed by atoms with E-state index in [9.17, 15) is 0 Å². The lowest BCUT2D eigenvalue weighted by molar-refractivity contribution is 0.378. The van der Waals surface area contributed by atoms with Gasteiger partial charge in [-0.25, -0.2) is 0 Å². The van der Waals surface area contributed by atoms with Crippen molar-refractivity contribution in [2.45, 2.75) is 39.2 Å². The minimum absolute atomic E-state index is 0.471. The number of nitrogens with one attached hydrogen (secondary N) is 1. The average molecular weight is 283 g/mol. The van der Waals surface area contributed by atoms with Gasteiger partial charge in [-0.2, -0.15) is 0 Å². The first-order chi connectivity index (χ1) is 7.46. The normalized spacial score (nSPS) is 23.3. The molecule has 0 heterocycles. The minimum Gasteiger partial charge on any atom is -0.397 e. The Bertz CT molecular complexity index is 388. The van der Waals surface area contributed by atoms with Crippen molar-refractivity contribution in [3.63, 3.8) is 0 Å². The van der Waals surface area contributed by atoms with E-state index in [1.165, 1.54) is 19.3 Å². The van der Waals surface area contributed by atoms with Crippen LogP contribution in [0.25, 0.3) is 0 Å². The summed E-state index contributed by atoms with van der Waals surface area (Å²) in [5.74, 6) is 0. The molecule has 0 aromatic heterocycles. The van der Waals surface area contributed by atoms with Gasteiger partial charge < -0.3 is 11.1 Å². The smallest absolute Gasteiger partial charge is 0.0587 e. The molecule has 1 aromatic rings. The molecule has 3 N–H and O–H groups in total. The highest BCUT2D eigenvalue weighted by molar-refractivity contribution is 9.10. The first-order valence-corrected chi connectivity index (χ1v) is 6.57. The fourth-order valence-corrected chi connectivity index (χ4v) is 2.79. The van der Waals surface area contributed by atoms with E-state index in [4.69, 9.17) is 5.73 Å². The van der Waals surface area contributed by atoms with Crippen LogP contribution in [0.1, 0.15) is 33.1 Å². The third-order valence-corrected chi connectivity index (χ3v) is 3.84. The summed E-state index contributed by atoms with van der Waals surface area (Å²) in [4.78, 5) is 0. The molecule has 0 bridgehead atoms. The van der Waals surface area contributed by atoms with Crippen molar-refractivity contribution in [3.05, 3.63) is 22.7 Å². The van der Waals surface area contributed by atoms with Gasteiger partial charge in [-0.15, -0.1) is 0 Å². The number of hydrogen-bond acceptors (Lipinski definition) is 2. The summed E-state index contributed by atoms with van der Waals surface area (Å²) in [5, 5.41) is 3.55. The minimum atomic E-state index is 0.471. The lowest BCUT2D eigenvalue weighted by Crippen LogP contribution is -2.18. The molecule has 0 saturated heterocycles. The fourth-order valence-electron chi connectivity index (χ4n) is 2.43. The Balaban J connectivity index is 2.07. The highest BCUT2D eigenvalue weighted by atomic mass is 79.9. The van der Waals surface area contributed by atoms with Crippen LogP contribution in [0.15, 0.2) is 22.7 Å². The molecule has 0 spiro atoms. The van der Waals surface area contributed by atoms with Gasteiger partial charge in [0.1, 0.15) is 0 Å². The quantitative estimate of drug-likeness (QED) is 0.804. The first kappa shape index (κ1) is 11.8. The number of nitrogen functional groups attached to an aromatic ring is 1. The van der Waals surface area contributed by atoms with Crippen LogP contribution < -0.4 is 11.1 Å². The zero-order chi connectivity index (χ0) is 11.8. The Labute approximate surface area is 106 Å². The van der Waals surface area contributed by atoms with E-state index in [0.717, 1.165) is 15.8 Å². The third kappa shape index (κ3) is 2.70. The summed E-state index contributed by atoms with van der Waals surface area (Å²) in [6, 6.07) is 6.53. The monoisotopic (exact) mass is 282 g/mol. The van der Waals surface area contributed by atoms with Crippen LogP contribution in [0.5, 0.6) is 0 Å². The second kappa shape index (κ2) is 4.28. The van der Waals surface area contributed by atoms with Crippen molar-refractivity contribution in [1.82, 2.24) is 0 Å². The van der Waals surface area contributed by atoms with Gasteiger partial charge in [-0.05, 0) is 42.9 Å². The standard InChI is InChI=1S/C13H19BrN2/c1-13(2)6-5-10(8-13)16-12-7-9(14)3-4-11(12)15/h3-4,7,10,16H,5-6,8,15H2,1-2H3. The van der Waals surface area contributed by atoms with Gasteiger partial charge >= 0.3 is 0 Å². The highest BCUT2D eigenvalue weighted by Crippen LogP contribution is 2.39. The van der Waals surface area contributed by atoms with Crippen LogP contribution in [-0.2, 0) is 0 Å². The Morgan fingerprint density at radius 1 is 1.44 bits per heavy atom. The van der Waals surface area contributed by atoms with Crippen LogP contribution in [0.4, 0.5) is 11.4 Å². The molecule has 16 heavy (non-hydrogen) atoms. The summed E-state index contributed by atoms with van der Waals surface area (Å²) in [6.45, 7) is 4.66. The summed E-state index contributed by atoms with van der Waals surface area (Å²) in [7, 11) is 0. The molecule has 1 unspecified atom stereocenters. The molecule has 1 aromatic carbocycles. The van der Waals surface area contributed by atoms with Crippen molar-refractivity contribution in [3.8, 4) is 0 Å². The summed E-state index contributed by atoms with van der Waals surface area (Å²) in [5.41, 5.74) is 8.30. The van der Waals surface area contributed by atoms with Crippen molar-refractivity contribution < 1.29 is 0 Å². The molecule has 1 aliphatic rings. The molecule has 2 nitrogen and oxygen atoms in total. The van der Waals surface area contributed by atoms with Gasteiger partial charge in [0.25, 0.3) is 0 Å². The molecule has 1 saturated carbocycles. The van der Waals surface area contributed by atoms with Crippen LogP contribution >= 0.6 is 15.9 Å². The Morgan fingerprint density at radius 3 is 2.81 bits per heavy atom. The maximum absolute atomic E-state index is 5.95. The molecule has 0 aliphatic heterocycles. The largest absolute Gasteiger partial charge is 0.397 e. The van der Waals surface area contributed by atoms with Crippen LogP contribution in [0.3, 0.4) is 0 Å². The van der Waals surface area contributed by atoms with Gasteiger partial charge in [-0.1, -0.05) is 29.8 Å². The zero-order valence-electron chi connectivity index (χ0n) is 9.89. The van der Waals surface area contributed by atoms with Crippen LogP contribution in [0.2, 0.25) is 0 Å².